The molecule has 2 aromatic heterocycles. The van der Waals surface area contributed by atoms with Crippen molar-refractivity contribution in [3.63, 3.8) is 0 Å². The van der Waals surface area contributed by atoms with E-state index >= 15 is 0 Å². The number of carbonyl (C=O) groups excluding carboxylic acids is 1. The average Bonchev–Trinajstić information content (AvgIpc) is 3.33. The molecule has 1 aromatic carbocycles. The van der Waals surface area contributed by atoms with Gasteiger partial charge < -0.3 is 14.2 Å². The van der Waals surface area contributed by atoms with Crippen LogP contribution in [0.3, 0.4) is 0 Å². The summed E-state index contributed by atoms with van der Waals surface area (Å²) in [6, 6.07) is 10.5. The SMILES string of the molecule is Cc1ccc2c(=O)cc(C(=O)NC[C@@H](c3ccc(C)o3)N3CCCC3)oc2c1. The summed E-state index contributed by atoms with van der Waals surface area (Å²) < 4.78 is 11.5. The molecular weight excluding hydrogens is 356 g/mol. The van der Waals surface area contributed by atoms with Crippen LogP contribution in [-0.4, -0.2) is 30.4 Å². The van der Waals surface area contributed by atoms with E-state index in [1.807, 2.05) is 32.0 Å². The van der Waals surface area contributed by atoms with Crippen LogP contribution in [0.1, 0.15) is 46.5 Å². The van der Waals surface area contributed by atoms with Crippen molar-refractivity contribution < 1.29 is 13.6 Å². The molecular formula is C22H24N2O4. The molecule has 0 aliphatic carbocycles. The van der Waals surface area contributed by atoms with Gasteiger partial charge in [0.25, 0.3) is 5.91 Å². The number of likely N-dealkylation sites (tertiary alicyclic amines) is 1. The molecule has 6 heteroatoms. The molecule has 28 heavy (non-hydrogen) atoms. The maximum Gasteiger partial charge on any atom is 0.287 e. The third-order valence-corrected chi connectivity index (χ3v) is 5.24. The molecule has 3 aromatic rings. The van der Waals surface area contributed by atoms with E-state index in [1.54, 1.807) is 12.1 Å². The first-order valence-corrected chi connectivity index (χ1v) is 9.64. The zero-order valence-corrected chi connectivity index (χ0v) is 16.2. The topological polar surface area (TPSA) is 75.7 Å². The summed E-state index contributed by atoms with van der Waals surface area (Å²) in [4.78, 5) is 27.3. The molecule has 6 nitrogen and oxygen atoms in total. The van der Waals surface area contributed by atoms with Gasteiger partial charge in [-0.15, -0.1) is 0 Å². The monoisotopic (exact) mass is 380 g/mol. The number of hydrogen-bond donors (Lipinski definition) is 1. The molecule has 0 bridgehead atoms. The van der Waals surface area contributed by atoms with Crippen LogP contribution in [0, 0.1) is 13.8 Å². The summed E-state index contributed by atoms with van der Waals surface area (Å²) in [5.41, 5.74) is 1.18. The Kier molecular flexibility index (Phi) is 5.05. The summed E-state index contributed by atoms with van der Waals surface area (Å²) in [6.07, 6.45) is 2.28. The summed E-state index contributed by atoms with van der Waals surface area (Å²) in [7, 11) is 0. The van der Waals surface area contributed by atoms with Crippen LogP contribution in [0.2, 0.25) is 0 Å². The van der Waals surface area contributed by atoms with Gasteiger partial charge in [-0.25, -0.2) is 0 Å². The average molecular weight is 380 g/mol. The number of nitrogens with one attached hydrogen (secondary N) is 1. The van der Waals surface area contributed by atoms with Crippen molar-refractivity contribution in [1.29, 1.82) is 0 Å². The smallest absolute Gasteiger partial charge is 0.287 e. The molecule has 0 unspecified atom stereocenters. The lowest BCUT2D eigenvalue weighted by Crippen LogP contribution is -2.36. The molecule has 0 spiro atoms. The molecule has 4 rings (SSSR count). The fraction of sp³-hybridized carbons (Fsp3) is 0.364. The molecule has 1 amide bonds. The van der Waals surface area contributed by atoms with E-state index in [0.717, 1.165) is 43.0 Å². The largest absolute Gasteiger partial charge is 0.465 e. The van der Waals surface area contributed by atoms with Gasteiger partial charge >= 0.3 is 0 Å². The second-order valence-corrected chi connectivity index (χ2v) is 7.39. The molecule has 1 aliphatic rings. The van der Waals surface area contributed by atoms with Gasteiger partial charge in [0.05, 0.1) is 11.4 Å². The number of hydrogen-bond acceptors (Lipinski definition) is 5. The Balaban J connectivity index is 1.55. The van der Waals surface area contributed by atoms with Crippen molar-refractivity contribution in [3.8, 4) is 0 Å². The van der Waals surface area contributed by atoms with Crippen molar-refractivity contribution in [2.24, 2.45) is 0 Å². The lowest BCUT2D eigenvalue weighted by molar-refractivity contribution is 0.0906. The van der Waals surface area contributed by atoms with Gasteiger partial charge in [0, 0.05) is 12.6 Å². The van der Waals surface area contributed by atoms with E-state index < -0.39 is 5.91 Å². The van der Waals surface area contributed by atoms with Gasteiger partial charge in [0.1, 0.15) is 17.1 Å². The predicted octanol–water partition coefficient (Wildman–Crippen LogP) is 3.57. The quantitative estimate of drug-likeness (QED) is 0.732. The minimum absolute atomic E-state index is 0.0268. The van der Waals surface area contributed by atoms with E-state index in [9.17, 15) is 9.59 Å². The lowest BCUT2D eigenvalue weighted by atomic mass is 10.1. The Bertz CT molecular complexity index is 1060. The van der Waals surface area contributed by atoms with Gasteiger partial charge in [-0.05, 0) is 69.6 Å². The van der Waals surface area contributed by atoms with Crippen molar-refractivity contribution >= 4 is 16.9 Å². The van der Waals surface area contributed by atoms with Crippen molar-refractivity contribution in [1.82, 2.24) is 10.2 Å². The fourth-order valence-electron chi connectivity index (χ4n) is 3.75. The number of aryl methyl sites for hydroxylation is 2. The van der Waals surface area contributed by atoms with Gasteiger partial charge in [-0.1, -0.05) is 6.07 Å². The van der Waals surface area contributed by atoms with Crippen LogP contribution in [-0.2, 0) is 0 Å². The Morgan fingerprint density at radius 1 is 1.11 bits per heavy atom. The van der Waals surface area contributed by atoms with Crippen LogP contribution >= 0.6 is 0 Å². The maximum absolute atomic E-state index is 12.7. The first kappa shape index (κ1) is 18.5. The third kappa shape index (κ3) is 3.73. The van der Waals surface area contributed by atoms with Crippen LogP contribution in [0.15, 0.2) is 50.0 Å². The Morgan fingerprint density at radius 3 is 2.61 bits per heavy atom. The number of amides is 1. The molecule has 1 fully saturated rings. The lowest BCUT2D eigenvalue weighted by Gasteiger charge is -2.26. The highest BCUT2D eigenvalue weighted by Gasteiger charge is 2.27. The van der Waals surface area contributed by atoms with Crippen LogP contribution in [0.25, 0.3) is 11.0 Å². The van der Waals surface area contributed by atoms with Crippen molar-refractivity contribution in [2.45, 2.75) is 32.7 Å². The minimum Gasteiger partial charge on any atom is -0.465 e. The molecule has 0 saturated carbocycles. The third-order valence-electron chi connectivity index (χ3n) is 5.24. The van der Waals surface area contributed by atoms with Crippen molar-refractivity contribution in [2.75, 3.05) is 19.6 Å². The minimum atomic E-state index is -0.395. The Hall–Kier alpha value is -2.86. The van der Waals surface area contributed by atoms with E-state index in [4.69, 9.17) is 8.83 Å². The standard InChI is InChI=1S/C22H24N2O4/c1-14-5-7-16-18(25)12-21(28-20(16)11-14)22(26)23-13-17(24-9-3-4-10-24)19-8-6-15(2)27-19/h5-8,11-12,17H,3-4,9-10,13H2,1-2H3,(H,23,26)/t17-/m0/s1. The number of furan rings is 1. The highest BCUT2D eigenvalue weighted by molar-refractivity contribution is 5.93. The normalized spacial score (nSPS) is 15.8. The van der Waals surface area contributed by atoms with Gasteiger partial charge in [0.15, 0.2) is 11.2 Å². The molecule has 146 valence electrons. The Labute approximate surface area is 163 Å². The number of rotatable bonds is 5. The van der Waals surface area contributed by atoms with E-state index in [0.29, 0.717) is 17.5 Å². The van der Waals surface area contributed by atoms with E-state index in [1.165, 1.54) is 6.07 Å². The zero-order valence-electron chi connectivity index (χ0n) is 16.2. The number of carbonyl (C=O) groups is 1. The second-order valence-electron chi connectivity index (χ2n) is 7.39. The first-order chi connectivity index (χ1) is 13.5. The highest BCUT2D eigenvalue weighted by atomic mass is 16.3. The molecule has 1 N–H and O–H groups in total. The van der Waals surface area contributed by atoms with Crippen LogP contribution in [0.4, 0.5) is 0 Å². The second kappa shape index (κ2) is 7.64. The predicted molar refractivity (Wildman–Crippen MR) is 107 cm³/mol. The number of nitrogens with zero attached hydrogens (tertiary/aromatic N) is 1. The van der Waals surface area contributed by atoms with Gasteiger partial charge in [-0.3, -0.25) is 14.5 Å². The first-order valence-electron chi connectivity index (χ1n) is 9.64. The van der Waals surface area contributed by atoms with Crippen LogP contribution < -0.4 is 10.7 Å². The molecule has 1 atom stereocenters. The number of fused-ring (bicyclic) bond motifs is 1. The zero-order chi connectivity index (χ0) is 19.7. The highest BCUT2D eigenvalue weighted by Crippen LogP contribution is 2.26. The van der Waals surface area contributed by atoms with Crippen molar-refractivity contribution in [3.05, 3.63) is 69.5 Å². The molecule has 1 saturated heterocycles. The van der Waals surface area contributed by atoms with Crippen LogP contribution in [0.5, 0.6) is 0 Å². The fourth-order valence-corrected chi connectivity index (χ4v) is 3.75. The summed E-state index contributed by atoms with van der Waals surface area (Å²) in [5.74, 6) is 1.32. The maximum atomic E-state index is 12.7. The summed E-state index contributed by atoms with van der Waals surface area (Å²) in [5, 5.41) is 3.39. The summed E-state index contributed by atoms with van der Waals surface area (Å²) in [6.45, 7) is 6.17. The molecule has 0 radical (unpaired) electrons. The summed E-state index contributed by atoms with van der Waals surface area (Å²) >= 11 is 0. The molecule has 3 heterocycles. The molecule has 1 aliphatic heterocycles. The Morgan fingerprint density at radius 2 is 1.89 bits per heavy atom. The van der Waals surface area contributed by atoms with Gasteiger partial charge in [0.2, 0.25) is 0 Å². The van der Waals surface area contributed by atoms with Gasteiger partial charge in [-0.2, -0.15) is 0 Å². The van der Waals surface area contributed by atoms with E-state index in [-0.39, 0.29) is 17.2 Å². The van der Waals surface area contributed by atoms with E-state index in [2.05, 4.69) is 10.2 Å². The number of benzene rings is 1.